The summed E-state index contributed by atoms with van der Waals surface area (Å²) in [5.74, 6) is 0.0458. The summed E-state index contributed by atoms with van der Waals surface area (Å²) in [6.07, 6.45) is 4.53. The van der Waals surface area contributed by atoms with Gasteiger partial charge in [0.15, 0.2) is 0 Å². The van der Waals surface area contributed by atoms with Crippen LogP contribution >= 0.6 is 0 Å². The number of nitrogens with zero attached hydrogens (tertiary/aromatic N) is 3. The molecule has 0 spiro atoms. The number of carbonyl (C=O) groups excluding carboxylic acids is 1. The fourth-order valence-electron chi connectivity index (χ4n) is 3.33. The number of anilines is 2. The maximum Gasteiger partial charge on any atom is 0.255 e. The van der Waals surface area contributed by atoms with Gasteiger partial charge in [0.1, 0.15) is 0 Å². The summed E-state index contributed by atoms with van der Waals surface area (Å²) < 4.78 is 0. The van der Waals surface area contributed by atoms with Crippen molar-refractivity contribution in [1.29, 1.82) is 0 Å². The van der Waals surface area contributed by atoms with Crippen LogP contribution in [0.15, 0.2) is 42.7 Å². The van der Waals surface area contributed by atoms with Crippen LogP contribution in [0, 0.1) is 0 Å². The second-order valence-corrected chi connectivity index (χ2v) is 5.96. The molecular weight excluding hydrogens is 286 g/mol. The average Bonchev–Trinajstić information content (AvgIpc) is 2.91. The van der Waals surface area contributed by atoms with Crippen LogP contribution in [-0.4, -0.2) is 34.9 Å². The minimum Gasteiger partial charge on any atom is -0.339 e. The van der Waals surface area contributed by atoms with Gasteiger partial charge in [-0.3, -0.25) is 9.78 Å². The van der Waals surface area contributed by atoms with E-state index in [4.69, 9.17) is 0 Å². The molecule has 4 heteroatoms. The second-order valence-electron chi connectivity index (χ2n) is 5.96. The van der Waals surface area contributed by atoms with Crippen LogP contribution in [0.25, 0.3) is 0 Å². The van der Waals surface area contributed by atoms with E-state index in [2.05, 4.69) is 41.1 Å². The van der Waals surface area contributed by atoms with Gasteiger partial charge in [0, 0.05) is 31.0 Å². The van der Waals surface area contributed by atoms with Crippen molar-refractivity contribution in [3.8, 4) is 0 Å². The number of aromatic nitrogens is 1. The number of carbonyl (C=O) groups is 1. The van der Waals surface area contributed by atoms with Crippen molar-refractivity contribution in [2.24, 2.45) is 0 Å². The number of hydrogen-bond donors (Lipinski definition) is 0. The normalized spacial score (nSPS) is 16.3. The van der Waals surface area contributed by atoms with E-state index in [1.165, 1.54) is 11.3 Å². The van der Waals surface area contributed by atoms with E-state index in [1.807, 2.05) is 31.0 Å². The lowest BCUT2D eigenvalue weighted by Crippen LogP contribution is -2.31. The van der Waals surface area contributed by atoms with Crippen LogP contribution in [0.2, 0.25) is 0 Å². The topological polar surface area (TPSA) is 36.4 Å². The van der Waals surface area contributed by atoms with E-state index in [1.54, 1.807) is 6.20 Å². The Balaban J connectivity index is 1.96. The molecule has 23 heavy (non-hydrogen) atoms. The third-order valence-electron chi connectivity index (χ3n) is 4.51. The maximum atomic E-state index is 12.6. The van der Waals surface area contributed by atoms with Crippen molar-refractivity contribution < 1.29 is 4.79 Å². The molecule has 0 bridgehead atoms. The van der Waals surface area contributed by atoms with E-state index in [0.717, 1.165) is 12.1 Å². The van der Waals surface area contributed by atoms with E-state index in [9.17, 15) is 4.79 Å². The van der Waals surface area contributed by atoms with Crippen LogP contribution in [0.1, 0.15) is 36.7 Å². The van der Waals surface area contributed by atoms with Crippen LogP contribution in [0.3, 0.4) is 0 Å². The average molecular weight is 309 g/mol. The van der Waals surface area contributed by atoms with Gasteiger partial charge >= 0.3 is 0 Å². The Hall–Kier alpha value is -2.36. The molecule has 0 saturated heterocycles. The van der Waals surface area contributed by atoms with Gasteiger partial charge in [-0.05, 0) is 44.9 Å². The Morgan fingerprint density at radius 2 is 2.00 bits per heavy atom. The predicted octanol–water partition coefficient (Wildman–Crippen LogP) is 3.65. The lowest BCUT2D eigenvalue weighted by atomic mass is 10.1. The highest BCUT2D eigenvalue weighted by Gasteiger charge is 2.27. The van der Waals surface area contributed by atoms with Gasteiger partial charge in [-0.15, -0.1) is 0 Å². The fourth-order valence-corrected chi connectivity index (χ4v) is 3.33. The molecule has 120 valence electrons. The number of pyridine rings is 1. The van der Waals surface area contributed by atoms with E-state index in [0.29, 0.717) is 24.7 Å². The van der Waals surface area contributed by atoms with E-state index < -0.39 is 0 Å². The second kappa shape index (κ2) is 6.41. The predicted molar refractivity (Wildman–Crippen MR) is 93.2 cm³/mol. The maximum absolute atomic E-state index is 12.6. The molecule has 4 nitrogen and oxygen atoms in total. The first-order valence-corrected chi connectivity index (χ1v) is 8.27. The van der Waals surface area contributed by atoms with E-state index in [-0.39, 0.29) is 5.91 Å². The fraction of sp³-hybridized carbons (Fsp3) is 0.368. The number of fused-ring (bicyclic) bond motifs is 1. The van der Waals surface area contributed by atoms with Crippen LogP contribution in [0.4, 0.5) is 11.4 Å². The molecule has 1 aliphatic rings. The van der Waals surface area contributed by atoms with Crippen LogP contribution in [-0.2, 0) is 6.42 Å². The number of amides is 1. The molecule has 0 aliphatic carbocycles. The summed E-state index contributed by atoms with van der Waals surface area (Å²) in [6.45, 7) is 7.62. The summed E-state index contributed by atoms with van der Waals surface area (Å²) in [5.41, 5.74) is 4.21. The van der Waals surface area contributed by atoms with Crippen molar-refractivity contribution in [3.05, 3.63) is 53.9 Å². The van der Waals surface area contributed by atoms with Crippen molar-refractivity contribution in [2.45, 2.75) is 33.2 Å². The highest BCUT2D eigenvalue weighted by molar-refractivity contribution is 5.95. The monoisotopic (exact) mass is 309 g/mol. The van der Waals surface area contributed by atoms with Gasteiger partial charge in [-0.1, -0.05) is 18.2 Å². The Morgan fingerprint density at radius 3 is 2.74 bits per heavy atom. The molecule has 1 aliphatic heterocycles. The molecule has 1 aromatic carbocycles. The molecule has 0 saturated carbocycles. The van der Waals surface area contributed by atoms with Crippen molar-refractivity contribution in [1.82, 2.24) is 9.88 Å². The zero-order valence-electron chi connectivity index (χ0n) is 14.0. The summed E-state index contributed by atoms with van der Waals surface area (Å²) in [7, 11) is 0. The van der Waals surface area contributed by atoms with Gasteiger partial charge in [-0.2, -0.15) is 0 Å². The molecule has 0 radical (unpaired) electrons. The zero-order chi connectivity index (χ0) is 16.4. The van der Waals surface area contributed by atoms with Crippen molar-refractivity contribution >= 4 is 17.3 Å². The quantitative estimate of drug-likeness (QED) is 0.865. The number of rotatable bonds is 4. The van der Waals surface area contributed by atoms with Gasteiger partial charge in [0.05, 0.1) is 17.4 Å². The molecule has 1 amide bonds. The molecule has 0 fully saturated rings. The van der Waals surface area contributed by atoms with Crippen LogP contribution < -0.4 is 4.90 Å². The third kappa shape index (κ3) is 2.81. The van der Waals surface area contributed by atoms with Crippen LogP contribution in [0.5, 0.6) is 0 Å². The highest BCUT2D eigenvalue weighted by Crippen LogP contribution is 2.37. The Kier molecular flexibility index (Phi) is 4.33. The molecule has 1 aromatic heterocycles. The summed E-state index contributed by atoms with van der Waals surface area (Å²) in [5, 5.41) is 0. The van der Waals surface area contributed by atoms with Gasteiger partial charge in [-0.25, -0.2) is 0 Å². The first-order valence-electron chi connectivity index (χ1n) is 8.27. The summed E-state index contributed by atoms with van der Waals surface area (Å²) in [4.78, 5) is 21.0. The van der Waals surface area contributed by atoms with Crippen molar-refractivity contribution in [3.63, 3.8) is 0 Å². The third-order valence-corrected chi connectivity index (χ3v) is 4.51. The molecule has 0 N–H and O–H groups in total. The number of hydrogen-bond acceptors (Lipinski definition) is 3. The molecule has 2 aromatic rings. The minimum absolute atomic E-state index is 0.0458. The lowest BCUT2D eigenvalue weighted by molar-refractivity contribution is 0.0772. The number of para-hydroxylation sites is 1. The standard InChI is InChI=1S/C19H23N3O/c1-4-21(5-2)19(23)16-11-17(13-20-12-16)22-14(3)10-15-8-6-7-9-18(15)22/h6-9,11-14H,4-5,10H2,1-3H3. The Bertz CT molecular complexity index is 709. The molecule has 3 rings (SSSR count). The molecule has 1 atom stereocenters. The molecule has 1 unspecified atom stereocenters. The van der Waals surface area contributed by atoms with Gasteiger partial charge in [0.25, 0.3) is 5.91 Å². The minimum atomic E-state index is 0.0458. The van der Waals surface area contributed by atoms with Gasteiger partial charge in [0.2, 0.25) is 0 Å². The van der Waals surface area contributed by atoms with Gasteiger partial charge < -0.3 is 9.80 Å². The summed E-state index contributed by atoms with van der Waals surface area (Å²) >= 11 is 0. The Morgan fingerprint density at radius 1 is 1.26 bits per heavy atom. The SMILES string of the molecule is CCN(CC)C(=O)c1cncc(N2c3ccccc3CC2C)c1. The smallest absolute Gasteiger partial charge is 0.255 e. The number of benzene rings is 1. The lowest BCUT2D eigenvalue weighted by Gasteiger charge is -2.25. The largest absolute Gasteiger partial charge is 0.339 e. The van der Waals surface area contributed by atoms with E-state index >= 15 is 0 Å². The first-order chi connectivity index (χ1) is 11.2. The van der Waals surface area contributed by atoms with Crippen molar-refractivity contribution in [2.75, 3.05) is 18.0 Å². The zero-order valence-corrected chi connectivity index (χ0v) is 14.0. The summed E-state index contributed by atoms with van der Waals surface area (Å²) in [6, 6.07) is 10.8. The molecule has 2 heterocycles. The molecular formula is C19H23N3O. The first kappa shape index (κ1) is 15.5. The Labute approximate surface area is 137 Å². The highest BCUT2D eigenvalue weighted by atomic mass is 16.2.